The summed E-state index contributed by atoms with van der Waals surface area (Å²) in [6.45, 7) is 4.21. The minimum Gasteiger partial charge on any atom is -0.351 e. The first-order valence-electron chi connectivity index (χ1n) is 11.4. The molecule has 0 spiro atoms. The first kappa shape index (κ1) is 20.5. The van der Waals surface area contributed by atoms with E-state index in [1.54, 1.807) is 7.11 Å². The van der Waals surface area contributed by atoms with Crippen molar-refractivity contribution >= 4 is 16.7 Å². The molecule has 0 aliphatic carbocycles. The van der Waals surface area contributed by atoms with Crippen LogP contribution >= 0.6 is 0 Å². The van der Waals surface area contributed by atoms with Gasteiger partial charge in [-0.1, -0.05) is 30.3 Å². The lowest BCUT2D eigenvalue weighted by molar-refractivity contribution is -0.0794. The van der Waals surface area contributed by atoms with E-state index in [2.05, 4.69) is 59.3 Å². The molecule has 1 aromatic heterocycles. The molecule has 0 saturated carbocycles. The number of anilines is 1. The summed E-state index contributed by atoms with van der Waals surface area (Å²) in [6, 6.07) is 15.6. The van der Waals surface area contributed by atoms with E-state index in [0.717, 1.165) is 49.4 Å². The zero-order valence-corrected chi connectivity index (χ0v) is 18.4. The molecule has 6 nitrogen and oxygen atoms in total. The molecule has 1 fully saturated rings. The number of nitrogens with zero attached hydrogens (tertiary/aromatic N) is 3. The monoisotopic (exact) mass is 420 g/mol. The number of nitrogens with one attached hydrogen (secondary N) is 1. The van der Waals surface area contributed by atoms with Crippen molar-refractivity contribution in [2.45, 2.75) is 57.5 Å². The van der Waals surface area contributed by atoms with Crippen LogP contribution in [0.3, 0.4) is 0 Å². The Bertz CT molecular complexity index is 1040. The third-order valence-electron chi connectivity index (χ3n) is 6.87. The molecule has 6 heteroatoms. The molecule has 2 aliphatic rings. The minimum atomic E-state index is -0.945. The quantitative estimate of drug-likeness (QED) is 0.618. The Morgan fingerprint density at radius 2 is 2.03 bits per heavy atom. The van der Waals surface area contributed by atoms with Crippen LogP contribution in [0.25, 0.3) is 11.0 Å². The number of hydrogen-bond acceptors (Lipinski definition) is 5. The van der Waals surface area contributed by atoms with Crippen molar-refractivity contribution < 1.29 is 9.84 Å². The Balaban J connectivity index is 1.65. The summed E-state index contributed by atoms with van der Waals surface area (Å²) in [6.07, 6.45) is 4.17. The number of aryl methyl sites for hydroxylation is 1. The minimum absolute atomic E-state index is 0.216. The summed E-state index contributed by atoms with van der Waals surface area (Å²) in [5.74, 6) is 1.13. The molecular formula is C25H32N4O2. The summed E-state index contributed by atoms with van der Waals surface area (Å²) < 4.78 is 7.76. The zero-order valence-electron chi connectivity index (χ0n) is 18.4. The lowest BCUT2D eigenvalue weighted by atomic mass is 9.95. The summed E-state index contributed by atoms with van der Waals surface area (Å²) in [4.78, 5) is 7.21. The van der Waals surface area contributed by atoms with E-state index >= 15 is 0 Å². The van der Waals surface area contributed by atoms with Gasteiger partial charge in [0.25, 0.3) is 0 Å². The van der Waals surface area contributed by atoms with Gasteiger partial charge in [0, 0.05) is 43.4 Å². The van der Waals surface area contributed by atoms with Gasteiger partial charge in [0.15, 0.2) is 0 Å². The Kier molecular flexibility index (Phi) is 5.69. The Morgan fingerprint density at radius 3 is 2.77 bits per heavy atom. The highest BCUT2D eigenvalue weighted by molar-refractivity contribution is 5.86. The molecule has 164 valence electrons. The number of imidazole rings is 1. The maximum Gasteiger partial charge on any atom is 0.237 e. The standard InChI is InChI=1S/C25H32N4O2/c1-17-10-11-20-21(28(17)25(30)31-2)12-13-22-24(20)27-23(15-18-7-4-3-5-8-18)29(22)19-9-6-14-26-16-19/h3-5,7-8,12-13,17,19,25-26,30H,6,9-11,14-16H2,1-2H3/t17-,19+,25?/m0/s1. The molecule has 0 amide bonds. The number of rotatable bonds is 5. The van der Waals surface area contributed by atoms with Gasteiger partial charge in [0.05, 0.1) is 11.0 Å². The molecule has 5 rings (SSSR count). The molecule has 31 heavy (non-hydrogen) atoms. The van der Waals surface area contributed by atoms with Crippen LogP contribution in [0.1, 0.15) is 49.2 Å². The normalized spacial score (nSPS) is 22.5. The van der Waals surface area contributed by atoms with Crippen molar-refractivity contribution in [3.63, 3.8) is 0 Å². The zero-order chi connectivity index (χ0) is 21.4. The number of hydrogen-bond donors (Lipinski definition) is 2. The first-order valence-corrected chi connectivity index (χ1v) is 11.4. The molecule has 0 bridgehead atoms. The number of aliphatic hydroxyl groups excluding tert-OH is 1. The van der Waals surface area contributed by atoms with Crippen molar-refractivity contribution in [2.75, 3.05) is 25.1 Å². The van der Waals surface area contributed by atoms with E-state index < -0.39 is 6.41 Å². The topological polar surface area (TPSA) is 62.6 Å². The predicted octanol–water partition coefficient (Wildman–Crippen LogP) is 3.62. The second-order valence-electron chi connectivity index (χ2n) is 8.85. The highest BCUT2D eigenvalue weighted by Crippen LogP contribution is 2.38. The number of benzene rings is 2. The first-order chi connectivity index (χ1) is 15.2. The van der Waals surface area contributed by atoms with Gasteiger partial charge in [-0.2, -0.15) is 0 Å². The maximum absolute atomic E-state index is 10.5. The van der Waals surface area contributed by atoms with E-state index in [0.29, 0.717) is 6.04 Å². The number of ether oxygens (including phenoxy) is 1. The second-order valence-corrected chi connectivity index (χ2v) is 8.85. The van der Waals surface area contributed by atoms with Gasteiger partial charge in [-0.05, 0) is 56.8 Å². The van der Waals surface area contributed by atoms with Gasteiger partial charge in [-0.15, -0.1) is 0 Å². The van der Waals surface area contributed by atoms with Crippen LogP contribution in [0.4, 0.5) is 5.69 Å². The molecule has 3 aromatic rings. The van der Waals surface area contributed by atoms with Gasteiger partial charge in [-0.3, -0.25) is 0 Å². The van der Waals surface area contributed by atoms with Crippen LogP contribution < -0.4 is 10.2 Å². The Hall–Kier alpha value is -2.41. The highest BCUT2D eigenvalue weighted by Gasteiger charge is 2.31. The van der Waals surface area contributed by atoms with E-state index in [4.69, 9.17) is 9.72 Å². The van der Waals surface area contributed by atoms with E-state index in [9.17, 15) is 5.11 Å². The van der Waals surface area contributed by atoms with Crippen molar-refractivity contribution in [1.29, 1.82) is 0 Å². The average molecular weight is 421 g/mol. The molecular weight excluding hydrogens is 388 g/mol. The van der Waals surface area contributed by atoms with Gasteiger partial charge >= 0.3 is 0 Å². The number of piperidine rings is 1. The lowest BCUT2D eigenvalue weighted by Gasteiger charge is -2.39. The number of methoxy groups -OCH3 is 1. The lowest BCUT2D eigenvalue weighted by Crippen LogP contribution is -2.45. The number of aromatic nitrogens is 2. The molecule has 1 unspecified atom stereocenters. The fourth-order valence-electron chi connectivity index (χ4n) is 5.29. The Labute approximate surface area is 183 Å². The van der Waals surface area contributed by atoms with Crippen molar-refractivity contribution in [3.8, 4) is 0 Å². The highest BCUT2D eigenvalue weighted by atomic mass is 16.6. The molecule has 2 N–H and O–H groups in total. The molecule has 0 radical (unpaired) electrons. The number of fused-ring (bicyclic) bond motifs is 3. The Morgan fingerprint density at radius 1 is 1.19 bits per heavy atom. The second kappa shape index (κ2) is 8.61. The third-order valence-corrected chi connectivity index (χ3v) is 6.87. The van der Waals surface area contributed by atoms with Crippen molar-refractivity contribution in [1.82, 2.24) is 14.9 Å². The van der Waals surface area contributed by atoms with E-state index in [-0.39, 0.29) is 6.04 Å². The molecule has 1 saturated heterocycles. The van der Waals surface area contributed by atoms with Gasteiger partial charge in [-0.25, -0.2) is 4.98 Å². The van der Waals surface area contributed by atoms with Gasteiger partial charge < -0.3 is 24.6 Å². The fourth-order valence-corrected chi connectivity index (χ4v) is 5.29. The van der Waals surface area contributed by atoms with E-state index in [1.807, 2.05) is 4.90 Å². The van der Waals surface area contributed by atoms with Crippen LogP contribution in [0.15, 0.2) is 42.5 Å². The van der Waals surface area contributed by atoms with Crippen molar-refractivity contribution in [3.05, 3.63) is 59.4 Å². The van der Waals surface area contributed by atoms with Crippen LogP contribution in [0.5, 0.6) is 0 Å². The van der Waals surface area contributed by atoms with Crippen LogP contribution in [0.2, 0.25) is 0 Å². The smallest absolute Gasteiger partial charge is 0.237 e. The largest absolute Gasteiger partial charge is 0.351 e. The predicted molar refractivity (Wildman–Crippen MR) is 123 cm³/mol. The summed E-state index contributed by atoms with van der Waals surface area (Å²) >= 11 is 0. The average Bonchev–Trinajstić information content (AvgIpc) is 3.17. The van der Waals surface area contributed by atoms with Crippen LogP contribution in [-0.4, -0.2) is 47.3 Å². The van der Waals surface area contributed by atoms with Gasteiger partial charge in [0.1, 0.15) is 5.82 Å². The molecule has 3 atom stereocenters. The van der Waals surface area contributed by atoms with Gasteiger partial charge in [0.2, 0.25) is 6.41 Å². The van der Waals surface area contributed by atoms with E-state index in [1.165, 1.54) is 29.5 Å². The summed E-state index contributed by atoms with van der Waals surface area (Å²) in [7, 11) is 1.55. The van der Waals surface area contributed by atoms with Crippen LogP contribution in [0, 0.1) is 0 Å². The molecule has 2 aromatic carbocycles. The molecule has 2 aliphatic heterocycles. The third kappa shape index (κ3) is 3.73. The van der Waals surface area contributed by atoms with Crippen LogP contribution in [-0.2, 0) is 17.6 Å². The number of aliphatic hydroxyl groups is 1. The SMILES string of the molecule is COC(O)N1c2ccc3c(nc(Cc4ccccc4)n3[C@@H]3CCCNC3)c2CC[C@@H]1C. The molecule has 3 heterocycles. The fraction of sp³-hybridized carbons (Fsp3) is 0.480. The summed E-state index contributed by atoms with van der Waals surface area (Å²) in [5.41, 5.74) is 5.83. The maximum atomic E-state index is 10.5. The van der Waals surface area contributed by atoms with Crippen molar-refractivity contribution in [2.24, 2.45) is 0 Å². The summed E-state index contributed by atoms with van der Waals surface area (Å²) in [5, 5.41) is 14.1.